The Morgan fingerprint density at radius 2 is 1.94 bits per heavy atom. The van der Waals surface area contributed by atoms with Crippen molar-refractivity contribution < 1.29 is 9.53 Å². The van der Waals surface area contributed by atoms with Crippen molar-refractivity contribution in [3.05, 3.63) is 47.6 Å². The van der Waals surface area contributed by atoms with Gasteiger partial charge in [0.2, 0.25) is 5.91 Å². The number of imidazole rings is 1. The van der Waals surface area contributed by atoms with Crippen molar-refractivity contribution in [3.63, 3.8) is 0 Å². The summed E-state index contributed by atoms with van der Waals surface area (Å²) < 4.78 is 5.44. The number of aromatic nitrogens is 3. The van der Waals surface area contributed by atoms with Gasteiger partial charge in [0.1, 0.15) is 11.3 Å². The molecule has 1 amide bonds. The van der Waals surface area contributed by atoms with E-state index in [0.29, 0.717) is 16.4 Å². The Morgan fingerprint density at radius 1 is 1.18 bits per heavy atom. The average Bonchev–Trinajstić information content (AvgIpc) is 3.56. The molecule has 2 fully saturated rings. The number of nitrogens with zero attached hydrogens (tertiary/aromatic N) is 3. The molecule has 9 heteroatoms. The number of amides is 1. The minimum atomic E-state index is -0.281. The van der Waals surface area contributed by atoms with Crippen molar-refractivity contribution in [2.45, 2.75) is 12.5 Å². The van der Waals surface area contributed by atoms with Crippen LogP contribution in [0, 0.1) is 17.8 Å². The first-order valence-corrected chi connectivity index (χ1v) is 11.7. The molecule has 4 atom stereocenters. The van der Waals surface area contributed by atoms with Crippen LogP contribution in [0.4, 0.5) is 11.4 Å². The lowest BCUT2D eigenvalue weighted by Gasteiger charge is -2.28. The summed E-state index contributed by atoms with van der Waals surface area (Å²) in [5.74, 6) is 0.617. The lowest BCUT2D eigenvalue weighted by atomic mass is 9.88. The Balaban J connectivity index is 1.31. The van der Waals surface area contributed by atoms with Gasteiger partial charge in [0.25, 0.3) is 0 Å². The lowest BCUT2D eigenvalue weighted by Crippen LogP contribution is -2.41. The van der Waals surface area contributed by atoms with Crippen molar-refractivity contribution in [1.29, 1.82) is 0 Å². The number of hydrogen-bond donors (Lipinski definition) is 3. The SMILES string of the molecule is NC(=O)[C@@H]1[C@H](Nc2c(Cl)cnc3nc(-c4ccc(N5CCOCC5)cc4)[nH]c23)[C@H]2C=C[C@@H]1C2. The zero-order valence-electron chi connectivity index (χ0n) is 18.0. The molecule has 3 heterocycles. The maximum Gasteiger partial charge on any atom is 0.223 e. The summed E-state index contributed by atoms with van der Waals surface area (Å²) in [5, 5.41) is 4.00. The highest BCUT2D eigenvalue weighted by Crippen LogP contribution is 2.46. The number of benzene rings is 1. The molecule has 3 aliphatic rings. The predicted molar refractivity (Wildman–Crippen MR) is 128 cm³/mol. The third-order valence-corrected chi connectivity index (χ3v) is 7.38. The van der Waals surface area contributed by atoms with E-state index in [-0.39, 0.29) is 29.7 Å². The summed E-state index contributed by atoms with van der Waals surface area (Å²) >= 11 is 6.55. The minimum absolute atomic E-state index is 0.0971. The molecule has 0 unspecified atom stereocenters. The highest BCUT2D eigenvalue weighted by atomic mass is 35.5. The number of allylic oxidation sites excluding steroid dienone is 1. The van der Waals surface area contributed by atoms with Gasteiger partial charge in [-0.1, -0.05) is 23.8 Å². The van der Waals surface area contributed by atoms with Crippen LogP contribution in [-0.4, -0.2) is 53.2 Å². The highest BCUT2D eigenvalue weighted by molar-refractivity contribution is 6.34. The molecule has 8 nitrogen and oxygen atoms in total. The second-order valence-electron chi connectivity index (χ2n) is 8.96. The third kappa shape index (κ3) is 3.54. The van der Waals surface area contributed by atoms with Gasteiger partial charge in [-0.3, -0.25) is 4.79 Å². The van der Waals surface area contributed by atoms with Crippen LogP contribution < -0.4 is 16.0 Å². The van der Waals surface area contributed by atoms with Gasteiger partial charge in [-0.25, -0.2) is 9.97 Å². The molecule has 33 heavy (non-hydrogen) atoms. The summed E-state index contributed by atoms with van der Waals surface area (Å²) in [6.07, 6.45) is 6.81. The topological polar surface area (TPSA) is 109 Å². The third-order valence-electron chi connectivity index (χ3n) is 7.09. The lowest BCUT2D eigenvalue weighted by molar-refractivity contribution is -0.122. The summed E-state index contributed by atoms with van der Waals surface area (Å²) in [5.41, 5.74) is 9.88. The van der Waals surface area contributed by atoms with Gasteiger partial charge in [-0.05, 0) is 42.5 Å². The summed E-state index contributed by atoms with van der Waals surface area (Å²) in [6.45, 7) is 3.29. The van der Waals surface area contributed by atoms with Crippen molar-refractivity contribution in [2.75, 3.05) is 36.5 Å². The number of fused-ring (bicyclic) bond motifs is 3. The van der Waals surface area contributed by atoms with Gasteiger partial charge < -0.3 is 25.7 Å². The number of anilines is 2. The number of carbonyl (C=O) groups is 1. The number of primary amides is 1. The standard InChI is InChI=1S/C24H25ClN6O2/c25-17-12-27-24-21(20(17)28-19-15-2-1-14(11-15)18(19)22(26)32)29-23(30-24)13-3-5-16(6-4-13)31-7-9-33-10-8-31/h1-6,12,14-15,18-19H,7-11H2,(H2,26,32)(H2,27,28,29,30)/t14-,15+,18+,19-/m1/s1. The molecule has 0 spiro atoms. The van der Waals surface area contributed by atoms with Crippen LogP contribution in [0.2, 0.25) is 5.02 Å². The molecule has 1 aliphatic heterocycles. The van der Waals surface area contributed by atoms with Gasteiger partial charge in [-0.15, -0.1) is 0 Å². The summed E-state index contributed by atoms with van der Waals surface area (Å²) in [6, 6.07) is 8.22. The molecule has 170 valence electrons. The quantitative estimate of drug-likeness (QED) is 0.500. The smallest absolute Gasteiger partial charge is 0.223 e. The van der Waals surface area contributed by atoms with Gasteiger partial charge in [-0.2, -0.15) is 0 Å². The van der Waals surface area contributed by atoms with Crippen LogP contribution in [0.15, 0.2) is 42.6 Å². The van der Waals surface area contributed by atoms with E-state index in [1.54, 1.807) is 6.20 Å². The number of hydrogen-bond acceptors (Lipinski definition) is 6. The van der Waals surface area contributed by atoms with Gasteiger partial charge in [0, 0.05) is 30.4 Å². The van der Waals surface area contributed by atoms with E-state index in [2.05, 4.69) is 56.6 Å². The number of nitrogens with two attached hydrogens (primary N) is 1. The van der Waals surface area contributed by atoms with E-state index in [4.69, 9.17) is 27.1 Å². The van der Waals surface area contributed by atoms with Crippen LogP contribution in [0.5, 0.6) is 0 Å². The predicted octanol–water partition coefficient (Wildman–Crippen LogP) is 3.20. The summed E-state index contributed by atoms with van der Waals surface area (Å²) in [4.78, 5) is 27.0. The van der Waals surface area contributed by atoms with Crippen LogP contribution in [-0.2, 0) is 9.53 Å². The molecule has 6 rings (SSSR count). The van der Waals surface area contributed by atoms with Crippen molar-refractivity contribution >= 4 is 40.0 Å². The highest BCUT2D eigenvalue weighted by Gasteiger charge is 2.47. The second kappa shape index (κ2) is 8.04. The van der Waals surface area contributed by atoms with E-state index in [0.717, 1.165) is 49.6 Å². The number of carbonyl (C=O) groups excluding carboxylic acids is 1. The fourth-order valence-electron chi connectivity index (χ4n) is 5.44. The Kier molecular flexibility index (Phi) is 4.99. The number of halogens is 1. The average molecular weight is 465 g/mol. The van der Waals surface area contributed by atoms with Crippen molar-refractivity contribution in [1.82, 2.24) is 15.0 Å². The number of H-pyrrole nitrogens is 1. The van der Waals surface area contributed by atoms with E-state index in [1.807, 2.05) is 0 Å². The molecule has 0 radical (unpaired) electrons. The summed E-state index contributed by atoms with van der Waals surface area (Å²) in [7, 11) is 0. The molecule has 2 aromatic heterocycles. The van der Waals surface area contributed by atoms with Gasteiger partial charge in [0.05, 0.1) is 36.0 Å². The van der Waals surface area contributed by atoms with Gasteiger partial charge in [0.15, 0.2) is 5.65 Å². The molecule has 3 aromatic rings. The van der Waals surface area contributed by atoms with Crippen LogP contribution in [0.3, 0.4) is 0 Å². The number of ether oxygens (including phenoxy) is 1. The molecule has 2 aliphatic carbocycles. The molecule has 1 saturated carbocycles. The normalized spacial score (nSPS) is 26.3. The van der Waals surface area contributed by atoms with E-state index in [1.165, 1.54) is 5.69 Å². The number of pyridine rings is 1. The minimum Gasteiger partial charge on any atom is -0.378 e. The molecule has 1 saturated heterocycles. The Labute approximate surface area is 196 Å². The van der Waals surface area contributed by atoms with Crippen LogP contribution in [0.25, 0.3) is 22.6 Å². The Morgan fingerprint density at radius 3 is 2.70 bits per heavy atom. The molecule has 4 N–H and O–H groups in total. The fraction of sp³-hybridized carbons (Fsp3) is 0.375. The van der Waals surface area contributed by atoms with Crippen molar-refractivity contribution in [3.8, 4) is 11.4 Å². The van der Waals surface area contributed by atoms with Crippen LogP contribution >= 0.6 is 11.6 Å². The number of morpholine rings is 1. The monoisotopic (exact) mass is 464 g/mol. The number of nitrogens with one attached hydrogen (secondary N) is 2. The molecular formula is C24H25ClN6O2. The fourth-order valence-corrected chi connectivity index (χ4v) is 5.63. The van der Waals surface area contributed by atoms with Gasteiger partial charge >= 0.3 is 0 Å². The van der Waals surface area contributed by atoms with E-state index in [9.17, 15) is 4.79 Å². The largest absolute Gasteiger partial charge is 0.378 e. The maximum atomic E-state index is 12.1. The molecular weight excluding hydrogens is 440 g/mol. The zero-order valence-corrected chi connectivity index (χ0v) is 18.8. The first-order chi connectivity index (χ1) is 16.1. The zero-order chi connectivity index (χ0) is 22.5. The van der Waals surface area contributed by atoms with E-state index >= 15 is 0 Å². The molecule has 2 bridgehead atoms. The van der Waals surface area contributed by atoms with Crippen LogP contribution in [0.1, 0.15) is 6.42 Å². The Hall–Kier alpha value is -3.10. The number of rotatable bonds is 5. The Bertz CT molecular complexity index is 1230. The maximum absolute atomic E-state index is 12.1. The van der Waals surface area contributed by atoms with E-state index < -0.39 is 0 Å². The first-order valence-electron chi connectivity index (χ1n) is 11.3. The second-order valence-corrected chi connectivity index (χ2v) is 9.37. The first kappa shape index (κ1) is 20.5. The molecule has 1 aromatic carbocycles. The van der Waals surface area contributed by atoms with Crippen molar-refractivity contribution in [2.24, 2.45) is 23.5 Å². The number of aromatic amines is 1.